The van der Waals surface area contributed by atoms with E-state index in [-0.39, 0.29) is 5.91 Å². The lowest BCUT2D eigenvalue weighted by Crippen LogP contribution is -2.33. The van der Waals surface area contributed by atoms with Gasteiger partial charge in [0.2, 0.25) is 5.91 Å². The van der Waals surface area contributed by atoms with Gasteiger partial charge in [-0.25, -0.2) is 0 Å². The fourth-order valence-corrected chi connectivity index (χ4v) is 2.48. The molecule has 1 aliphatic heterocycles. The fraction of sp³-hybridized carbons (Fsp3) is 0.533. The zero-order valence-corrected chi connectivity index (χ0v) is 11.4. The molecule has 104 valence electrons. The Morgan fingerprint density at radius 2 is 1.89 bits per heavy atom. The number of carbonyl (C=O) groups is 1. The van der Waals surface area contributed by atoms with Crippen molar-refractivity contribution in [2.24, 2.45) is 0 Å². The van der Waals surface area contributed by atoms with Gasteiger partial charge in [0.25, 0.3) is 0 Å². The molecule has 0 radical (unpaired) electrons. The smallest absolute Gasteiger partial charge is 0.221 e. The molecule has 4 heteroatoms. The van der Waals surface area contributed by atoms with Crippen molar-refractivity contribution in [3.8, 4) is 0 Å². The molecule has 2 N–H and O–H groups in total. The van der Waals surface area contributed by atoms with E-state index in [1.807, 2.05) is 24.3 Å². The number of benzene rings is 1. The highest BCUT2D eigenvalue weighted by atomic mass is 16.3. The molecule has 1 aromatic carbocycles. The molecular weight excluding hydrogens is 240 g/mol. The second kappa shape index (κ2) is 6.68. The Balaban J connectivity index is 1.91. The lowest BCUT2D eigenvalue weighted by molar-refractivity contribution is -0.114. The van der Waals surface area contributed by atoms with Gasteiger partial charge < -0.3 is 15.3 Å². The van der Waals surface area contributed by atoms with E-state index in [0.717, 1.165) is 24.3 Å². The van der Waals surface area contributed by atoms with E-state index in [4.69, 9.17) is 0 Å². The first-order valence-electron chi connectivity index (χ1n) is 6.93. The summed E-state index contributed by atoms with van der Waals surface area (Å²) in [7, 11) is 0. The summed E-state index contributed by atoms with van der Waals surface area (Å²) in [6, 6.07) is 7.41. The van der Waals surface area contributed by atoms with Crippen molar-refractivity contribution in [3.05, 3.63) is 29.8 Å². The van der Waals surface area contributed by atoms with Crippen LogP contribution in [0.1, 0.15) is 37.9 Å². The predicted octanol–water partition coefficient (Wildman–Crippen LogP) is 2.16. The van der Waals surface area contributed by atoms with E-state index in [2.05, 4.69) is 10.2 Å². The van der Waals surface area contributed by atoms with Gasteiger partial charge in [0.15, 0.2) is 0 Å². The lowest BCUT2D eigenvalue weighted by atomic mass is 10.1. The van der Waals surface area contributed by atoms with Gasteiger partial charge in [0.1, 0.15) is 0 Å². The molecule has 1 aromatic rings. The van der Waals surface area contributed by atoms with Crippen LogP contribution in [0.25, 0.3) is 0 Å². The number of rotatable bonds is 4. The van der Waals surface area contributed by atoms with Crippen molar-refractivity contribution in [1.29, 1.82) is 0 Å². The van der Waals surface area contributed by atoms with Crippen LogP contribution in [0.5, 0.6) is 0 Å². The van der Waals surface area contributed by atoms with Crippen LogP contribution in [0.3, 0.4) is 0 Å². The number of nitrogens with zero attached hydrogens (tertiary/aromatic N) is 1. The number of amides is 1. The molecule has 1 amide bonds. The maximum Gasteiger partial charge on any atom is 0.221 e. The zero-order valence-electron chi connectivity index (χ0n) is 11.4. The Morgan fingerprint density at radius 3 is 2.47 bits per heavy atom. The quantitative estimate of drug-likeness (QED) is 0.874. The summed E-state index contributed by atoms with van der Waals surface area (Å²) >= 11 is 0. The van der Waals surface area contributed by atoms with Gasteiger partial charge in [0.05, 0.1) is 6.10 Å². The minimum Gasteiger partial charge on any atom is -0.387 e. The van der Waals surface area contributed by atoms with Crippen molar-refractivity contribution in [1.82, 2.24) is 4.90 Å². The number of hydrogen-bond acceptors (Lipinski definition) is 3. The number of aliphatic hydroxyl groups excluding tert-OH is 1. The summed E-state index contributed by atoms with van der Waals surface area (Å²) < 4.78 is 0. The average molecular weight is 262 g/mol. The van der Waals surface area contributed by atoms with Gasteiger partial charge in [-0.3, -0.25) is 4.79 Å². The van der Waals surface area contributed by atoms with Crippen molar-refractivity contribution in [3.63, 3.8) is 0 Å². The van der Waals surface area contributed by atoms with Crippen LogP contribution in [0, 0.1) is 0 Å². The van der Waals surface area contributed by atoms with Crippen LogP contribution in [-0.2, 0) is 4.79 Å². The van der Waals surface area contributed by atoms with E-state index in [9.17, 15) is 9.90 Å². The molecule has 0 aliphatic carbocycles. The van der Waals surface area contributed by atoms with Crippen molar-refractivity contribution >= 4 is 11.6 Å². The molecule has 0 saturated carbocycles. The number of carbonyl (C=O) groups excluding carboxylic acids is 1. The predicted molar refractivity (Wildman–Crippen MR) is 76.0 cm³/mol. The van der Waals surface area contributed by atoms with Crippen LogP contribution < -0.4 is 5.32 Å². The molecule has 1 fully saturated rings. The topological polar surface area (TPSA) is 52.6 Å². The Kier molecular flexibility index (Phi) is 4.93. The molecule has 1 aliphatic rings. The third-order valence-corrected chi connectivity index (χ3v) is 3.50. The first-order valence-corrected chi connectivity index (χ1v) is 6.93. The van der Waals surface area contributed by atoms with Crippen molar-refractivity contribution < 1.29 is 9.90 Å². The van der Waals surface area contributed by atoms with Gasteiger partial charge in [-0.1, -0.05) is 18.6 Å². The maximum atomic E-state index is 10.9. The highest BCUT2D eigenvalue weighted by Crippen LogP contribution is 2.19. The summed E-state index contributed by atoms with van der Waals surface area (Å²) in [4.78, 5) is 13.2. The van der Waals surface area contributed by atoms with E-state index in [0.29, 0.717) is 6.54 Å². The highest BCUT2D eigenvalue weighted by Gasteiger charge is 2.15. The van der Waals surface area contributed by atoms with Gasteiger partial charge in [-0.2, -0.15) is 0 Å². The fourth-order valence-electron chi connectivity index (χ4n) is 2.48. The van der Waals surface area contributed by atoms with E-state index >= 15 is 0 Å². The SMILES string of the molecule is CC(=O)Nc1ccc(C(O)CN2CCCCC2)cc1. The molecule has 4 nitrogen and oxygen atoms in total. The Bertz CT molecular complexity index is 411. The molecule has 0 spiro atoms. The Labute approximate surface area is 114 Å². The molecule has 0 aromatic heterocycles. The molecular formula is C15H22N2O2. The van der Waals surface area contributed by atoms with Gasteiger partial charge in [0, 0.05) is 19.2 Å². The Morgan fingerprint density at radius 1 is 1.26 bits per heavy atom. The molecule has 1 saturated heterocycles. The van der Waals surface area contributed by atoms with E-state index < -0.39 is 6.10 Å². The summed E-state index contributed by atoms with van der Waals surface area (Å²) in [5.74, 6) is -0.0818. The molecule has 19 heavy (non-hydrogen) atoms. The molecule has 1 atom stereocenters. The third-order valence-electron chi connectivity index (χ3n) is 3.50. The molecule has 1 unspecified atom stereocenters. The summed E-state index contributed by atoms with van der Waals surface area (Å²) in [5, 5.41) is 12.9. The van der Waals surface area contributed by atoms with Gasteiger partial charge >= 0.3 is 0 Å². The van der Waals surface area contributed by atoms with Crippen LogP contribution >= 0.6 is 0 Å². The number of aliphatic hydroxyl groups is 1. The largest absolute Gasteiger partial charge is 0.387 e. The number of β-amino-alcohol motifs (C(OH)–C–C–N with tert-alkyl or cyclic N) is 1. The van der Waals surface area contributed by atoms with E-state index in [1.54, 1.807) is 0 Å². The number of nitrogens with one attached hydrogen (secondary N) is 1. The monoisotopic (exact) mass is 262 g/mol. The number of likely N-dealkylation sites (tertiary alicyclic amines) is 1. The highest BCUT2D eigenvalue weighted by molar-refractivity contribution is 5.88. The minimum atomic E-state index is -0.454. The third kappa shape index (κ3) is 4.33. The first-order chi connectivity index (χ1) is 9.15. The van der Waals surface area contributed by atoms with Gasteiger partial charge in [-0.05, 0) is 43.6 Å². The second-order valence-corrected chi connectivity index (χ2v) is 5.18. The van der Waals surface area contributed by atoms with Crippen LogP contribution in [0.15, 0.2) is 24.3 Å². The van der Waals surface area contributed by atoms with E-state index in [1.165, 1.54) is 26.2 Å². The van der Waals surface area contributed by atoms with Crippen LogP contribution in [0.4, 0.5) is 5.69 Å². The second-order valence-electron chi connectivity index (χ2n) is 5.18. The first kappa shape index (κ1) is 14.0. The number of hydrogen-bond donors (Lipinski definition) is 2. The van der Waals surface area contributed by atoms with Crippen LogP contribution in [-0.4, -0.2) is 35.5 Å². The number of anilines is 1. The molecule has 2 rings (SSSR count). The summed E-state index contributed by atoms with van der Waals surface area (Å²) in [6.45, 7) is 4.35. The van der Waals surface area contributed by atoms with Crippen LogP contribution in [0.2, 0.25) is 0 Å². The molecule has 0 bridgehead atoms. The standard InChI is InChI=1S/C15H22N2O2/c1-12(18)16-14-7-5-13(6-8-14)15(19)11-17-9-3-2-4-10-17/h5-8,15,19H,2-4,9-11H2,1H3,(H,16,18). The summed E-state index contributed by atoms with van der Waals surface area (Å²) in [6.07, 6.45) is 3.31. The lowest BCUT2D eigenvalue weighted by Gasteiger charge is -2.28. The Hall–Kier alpha value is -1.39. The average Bonchev–Trinajstić information content (AvgIpc) is 2.40. The van der Waals surface area contributed by atoms with Crippen molar-refractivity contribution in [2.75, 3.05) is 25.0 Å². The maximum absolute atomic E-state index is 10.9. The normalized spacial score (nSPS) is 18.0. The minimum absolute atomic E-state index is 0.0818. The summed E-state index contributed by atoms with van der Waals surface area (Å²) in [5.41, 5.74) is 1.67. The van der Waals surface area contributed by atoms with Crippen molar-refractivity contribution in [2.45, 2.75) is 32.3 Å². The van der Waals surface area contributed by atoms with Gasteiger partial charge in [-0.15, -0.1) is 0 Å². The zero-order chi connectivity index (χ0) is 13.7. The molecule has 1 heterocycles. The number of piperidine rings is 1.